The van der Waals surface area contributed by atoms with Gasteiger partial charge in [0.2, 0.25) is 0 Å². The van der Waals surface area contributed by atoms with Gasteiger partial charge in [0.15, 0.2) is 0 Å². The summed E-state index contributed by atoms with van der Waals surface area (Å²) in [6, 6.07) is 22.3. The molecule has 0 unspecified atom stereocenters. The molecule has 0 heterocycles. The summed E-state index contributed by atoms with van der Waals surface area (Å²) in [6.45, 7) is 3.75. The summed E-state index contributed by atoms with van der Waals surface area (Å²) in [5, 5.41) is 0. The highest BCUT2D eigenvalue weighted by atomic mass is 79.9. The van der Waals surface area contributed by atoms with Crippen LogP contribution in [0.3, 0.4) is 0 Å². The van der Waals surface area contributed by atoms with E-state index in [1.807, 2.05) is 24.3 Å². The zero-order valence-corrected chi connectivity index (χ0v) is 19.0. The van der Waals surface area contributed by atoms with Crippen molar-refractivity contribution in [2.75, 3.05) is 0 Å². The van der Waals surface area contributed by atoms with E-state index in [-0.39, 0.29) is 0 Å². The molecular formula is C28H17BBrF3. The second kappa shape index (κ2) is 9.68. The highest BCUT2D eigenvalue weighted by molar-refractivity contribution is 9.10. The molecule has 0 nitrogen and oxygen atoms in total. The first-order valence-corrected chi connectivity index (χ1v) is 10.9. The van der Waals surface area contributed by atoms with Crippen molar-refractivity contribution >= 4 is 46.5 Å². The van der Waals surface area contributed by atoms with Gasteiger partial charge in [-0.2, -0.15) is 0 Å². The van der Waals surface area contributed by atoms with E-state index in [2.05, 4.69) is 22.5 Å². The Bertz CT molecular complexity index is 1340. The molecule has 0 saturated heterocycles. The molecule has 0 atom stereocenters. The van der Waals surface area contributed by atoms with Crippen LogP contribution in [0, 0.1) is 17.5 Å². The van der Waals surface area contributed by atoms with E-state index in [0.717, 1.165) is 16.1 Å². The van der Waals surface area contributed by atoms with Gasteiger partial charge in [0.1, 0.15) is 25.3 Å². The third-order valence-electron chi connectivity index (χ3n) is 5.18. The van der Waals surface area contributed by atoms with Gasteiger partial charge >= 0.3 is 0 Å². The lowest BCUT2D eigenvalue weighted by molar-refractivity contribution is 0.582. The van der Waals surface area contributed by atoms with Gasteiger partial charge in [-0.25, -0.2) is 13.2 Å². The van der Waals surface area contributed by atoms with E-state index in [1.54, 1.807) is 36.4 Å². The third-order valence-corrected chi connectivity index (χ3v) is 5.71. The fourth-order valence-corrected chi connectivity index (χ4v) is 4.01. The van der Waals surface area contributed by atoms with E-state index in [1.165, 1.54) is 24.3 Å². The second-order valence-electron chi connectivity index (χ2n) is 7.51. The molecule has 0 saturated carbocycles. The van der Waals surface area contributed by atoms with Gasteiger partial charge in [-0.1, -0.05) is 70.4 Å². The van der Waals surface area contributed by atoms with E-state index >= 15 is 0 Å². The second-order valence-corrected chi connectivity index (χ2v) is 8.43. The molecule has 0 spiro atoms. The van der Waals surface area contributed by atoms with Crippen LogP contribution >= 0.6 is 15.9 Å². The fourth-order valence-electron chi connectivity index (χ4n) is 3.75. The van der Waals surface area contributed by atoms with E-state index in [4.69, 9.17) is 7.85 Å². The first-order chi connectivity index (χ1) is 15.8. The van der Waals surface area contributed by atoms with Crippen molar-refractivity contribution in [1.82, 2.24) is 0 Å². The molecule has 0 aromatic heterocycles. The van der Waals surface area contributed by atoms with Crippen molar-refractivity contribution in [3.05, 3.63) is 141 Å². The summed E-state index contributed by atoms with van der Waals surface area (Å²) in [5.74, 6) is -1.86. The zero-order valence-electron chi connectivity index (χ0n) is 17.5. The van der Waals surface area contributed by atoms with Crippen LogP contribution in [-0.2, 0) is 0 Å². The predicted octanol–water partition coefficient (Wildman–Crippen LogP) is 7.31. The lowest BCUT2D eigenvalue weighted by atomic mass is 9.84. The molecule has 160 valence electrons. The lowest BCUT2D eigenvalue weighted by Gasteiger charge is -2.19. The molecule has 4 aromatic carbocycles. The van der Waals surface area contributed by atoms with Crippen LogP contribution in [0.25, 0.3) is 17.2 Å². The van der Waals surface area contributed by atoms with Gasteiger partial charge in [-0.3, -0.25) is 0 Å². The van der Waals surface area contributed by atoms with Crippen LogP contribution in [0.1, 0.15) is 27.8 Å². The molecule has 0 N–H and O–H groups in total. The van der Waals surface area contributed by atoms with Crippen LogP contribution in [-0.4, -0.2) is 7.85 Å². The normalized spacial score (nSPS) is 11.8. The maximum atomic E-state index is 14.6. The number of hydrogen-bond acceptors (Lipinski definition) is 0. The summed E-state index contributed by atoms with van der Waals surface area (Å²) in [5.41, 5.74) is 4.57. The maximum Gasteiger partial charge on any atom is 0.126 e. The standard InChI is InChI=1S/C28H17BBrF3/c1-2-17-11-20(13-24(31)12-17)27(19-5-9-23(30)10-6-19)28(18-3-7-22(29)8-4-18)21-14-25(32)16-26(33)15-21/h2-16H,1H2/b28-27+. The first kappa shape index (κ1) is 22.9. The quantitative estimate of drug-likeness (QED) is 0.199. The van der Waals surface area contributed by atoms with Crippen molar-refractivity contribution in [2.45, 2.75) is 0 Å². The molecule has 4 rings (SSSR count). The molecule has 0 aliphatic rings. The minimum absolute atomic E-state index is 0.319. The third kappa shape index (κ3) is 5.20. The van der Waals surface area contributed by atoms with E-state index in [0.29, 0.717) is 38.9 Å². The highest BCUT2D eigenvalue weighted by Crippen LogP contribution is 2.38. The maximum absolute atomic E-state index is 14.6. The molecule has 4 aromatic rings. The molecule has 33 heavy (non-hydrogen) atoms. The van der Waals surface area contributed by atoms with Crippen molar-refractivity contribution in [3.63, 3.8) is 0 Å². The Balaban J connectivity index is 2.16. The summed E-state index contributed by atoms with van der Waals surface area (Å²) >= 11 is 3.44. The van der Waals surface area contributed by atoms with E-state index < -0.39 is 17.5 Å². The number of benzene rings is 4. The van der Waals surface area contributed by atoms with Crippen molar-refractivity contribution in [2.24, 2.45) is 0 Å². The Hall–Kier alpha value is -3.31. The number of rotatable bonds is 5. The van der Waals surface area contributed by atoms with Crippen LogP contribution in [0.5, 0.6) is 0 Å². The minimum atomic E-state index is -0.709. The van der Waals surface area contributed by atoms with Gasteiger partial charge in [-0.15, -0.1) is 0 Å². The molecule has 0 fully saturated rings. The SMILES string of the molecule is [B]c1ccc(/C(=C(/c2ccc(Br)cc2)c2cc(F)cc(C=C)c2)c2cc(F)cc(F)c2)cc1. The van der Waals surface area contributed by atoms with Gasteiger partial charge in [0.25, 0.3) is 0 Å². The minimum Gasteiger partial charge on any atom is -0.207 e. The Morgan fingerprint density at radius 2 is 1.09 bits per heavy atom. The summed E-state index contributed by atoms with van der Waals surface area (Å²) < 4.78 is 44.1. The van der Waals surface area contributed by atoms with Gasteiger partial charge in [0.05, 0.1) is 0 Å². The first-order valence-electron chi connectivity index (χ1n) is 10.1. The van der Waals surface area contributed by atoms with Crippen LogP contribution in [0.15, 0.2) is 96.0 Å². The highest BCUT2D eigenvalue weighted by Gasteiger charge is 2.19. The number of halogens is 4. The summed E-state index contributed by atoms with van der Waals surface area (Å²) in [4.78, 5) is 0. The summed E-state index contributed by atoms with van der Waals surface area (Å²) in [6.07, 6.45) is 1.55. The lowest BCUT2D eigenvalue weighted by Crippen LogP contribution is -2.03. The Kier molecular flexibility index (Phi) is 6.71. The average molecular weight is 501 g/mol. The molecule has 0 aliphatic carbocycles. The molecule has 0 bridgehead atoms. The smallest absolute Gasteiger partial charge is 0.126 e. The molecule has 0 aliphatic heterocycles. The van der Waals surface area contributed by atoms with Crippen LogP contribution < -0.4 is 5.46 Å². The predicted molar refractivity (Wildman–Crippen MR) is 134 cm³/mol. The zero-order chi connectivity index (χ0) is 23.5. The van der Waals surface area contributed by atoms with Gasteiger partial charge in [-0.05, 0) is 81.4 Å². The number of hydrogen-bond donors (Lipinski definition) is 0. The molecule has 5 heteroatoms. The average Bonchev–Trinajstić information content (AvgIpc) is 2.78. The molecular weight excluding hydrogens is 484 g/mol. The van der Waals surface area contributed by atoms with Gasteiger partial charge in [0, 0.05) is 10.5 Å². The van der Waals surface area contributed by atoms with Crippen LogP contribution in [0.4, 0.5) is 13.2 Å². The van der Waals surface area contributed by atoms with Crippen molar-refractivity contribution in [3.8, 4) is 0 Å². The monoisotopic (exact) mass is 500 g/mol. The van der Waals surface area contributed by atoms with E-state index in [9.17, 15) is 13.2 Å². The van der Waals surface area contributed by atoms with Crippen molar-refractivity contribution < 1.29 is 13.2 Å². The Labute approximate surface area is 200 Å². The Morgan fingerprint density at radius 1 is 0.636 bits per heavy atom. The Morgan fingerprint density at radius 3 is 1.61 bits per heavy atom. The summed E-state index contributed by atoms with van der Waals surface area (Å²) in [7, 11) is 5.88. The topological polar surface area (TPSA) is 0 Å². The van der Waals surface area contributed by atoms with Crippen molar-refractivity contribution in [1.29, 1.82) is 0 Å². The molecule has 0 amide bonds. The fraction of sp³-hybridized carbons (Fsp3) is 0. The van der Waals surface area contributed by atoms with Gasteiger partial charge < -0.3 is 0 Å². The molecule has 2 radical (unpaired) electrons. The van der Waals surface area contributed by atoms with Crippen LogP contribution in [0.2, 0.25) is 0 Å². The largest absolute Gasteiger partial charge is 0.207 e.